The molecular weight excluding hydrogens is 260 g/mol. The van der Waals surface area contributed by atoms with Crippen molar-refractivity contribution in [1.29, 1.82) is 0 Å². The van der Waals surface area contributed by atoms with Gasteiger partial charge in [0.05, 0.1) is 26.4 Å². The summed E-state index contributed by atoms with van der Waals surface area (Å²) in [6, 6.07) is 0. The van der Waals surface area contributed by atoms with Crippen LogP contribution >= 0.6 is 11.3 Å². The molecule has 1 saturated heterocycles. The second-order valence-electron chi connectivity index (χ2n) is 3.58. The van der Waals surface area contributed by atoms with Gasteiger partial charge in [0, 0.05) is 5.38 Å². The fraction of sp³-hybridized carbons (Fsp3) is 0.500. The van der Waals surface area contributed by atoms with E-state index in [0.29, 0.717) is 18.2 Å². The number of nitrogens with zero attached hydrogens (tertiary/aromatic N) is 1. The molecule has 98 valence electrons. The highest BCUT2D eigenvalue weighted by molar-refractivity contribution is 7.09. The minimum absolute atomic E-state index is 0.0125. The Kier molecular flexibility index (Phi) is 4.24. The lowest BCUT2D eigenvalue weighted by molar-refractivity contribution is -0.147. The zero-order valence-corrected chi connectivity index (χ0v) is 10.2. The van der Waals surface area contributed by atoms with Crippen LogP contribution in [-0.2, 0) is 20.8 Å². The van der Waals surface area contributed by atoms with Crippen LogP contribution < -0.4 is 5.32 Å². The highest BCUT2D eigenvalue weighted by atomic mass is 32.1. The minimum Gasteiger partial charge on any atom is -0.476 e. The molecule has 7 nitrogen and oxygen atoms in total. The van der Waals surface area contributed by atoms with Gasteiger partial charge in [-0.15, -0.1) is 11.3 Å². The Bertz CT molecular complexity index is 441. The molecule has 1 aromatic rings. The number of aromatic nitrogens is 1. The average molecular weight is 272 g/mol. The number of hydrogen-bond acceptors (Lipinski definition) is 6. The van der Waals surface area contributed by atoms with Crippen molar-refractivity contribution in [3.8, 4) is 0 Å². The molecule has 1 atom stereocenters. The highest BCUT2D eigenvalue weighted by Crippen LogP contribution is 2.09. The van der Waals surface area contributed by atoms with Gasteiger partial charge >= 0.3 is 5.97 Å². The number of hydrogen-bond donors (Lipinski definition) is 2. The summed E-state index contributed by atoms with van der Waals surface area (Å²) in [5.74, 6) is -1.35. The van der Waals surface area contributed by atoms with Crippen LogP contribution in [0.2, 0.25) is 0 Å². The molecule has 18 heavy (non-hydrogen) atoms. The van der Waals surface area contributed by atoms with Gasteiger partial charge in [-0.2, -0.15) is 0 Å². The third kappa shape index (κ3) is 3.25. The number of rotatable bonds is 4. The van der Waals surface area contributed by atoms with Crippen LogP contribution in [0.5, 0.6) is 0 Å². The number of carbonyl (C=O) groups is 2. The molecule has 1 fully saturated rings. The van der Waals surface area contributed by atoms with Crippen molar-refractivity contribution in [2.75, 3.05) is 19.8 Å². The molecule has 8 heteroatoms. The topological polar surface area (TPSA) is 97.8 Å². The molecule has 0 saturated carbocycles. The molecule has 0 unspecified atom stereocenters. The normalized spacial score (nSPS) is 19.4. The SMILES string of the molecule is O=C(O)c1csc(CNC(=O)[C@H]2COCCO2)n1. The summed E-state index contributed by atoms with van der Waals surface area (Å²) < 4.78 is 10.3. The molecule has 0 aliphatic carbocycles. The number of ether oxygens (including phenoxy) is 2. The summed E-state index contributed by atoms with van der Waals surface area (Å²) in [5.41, 5.74) is -0.0125. The molecule has 0 spiro atoms. The van der Waals surface area contributed by atoms with Crippen molar-refractivity contribution >= 4 is 23.2 Å². The van der Waals surface area contributed by atoms with Crippen LogP contribution in [0.25, 0.3) is 0 Å². The molecule has 2 rings (SSSR count). The largest absolute Gasteiger partial charge is 0.476 e. The van der Waals surface area contributed by atoms with E-state index in [9.17, 15) is 9.59 Å². The van der Waals surface area contributed by atoms with E-state index in [1.807, 2.05) is 0 Å². The van der Waals surface area contributed by atoms with Gasteiger partial charge < -0.3 is 19.9 Å². The molecule has 0 radical (unpaired) electrons. The summed E-state index contributed by atoms with van der Waals surface area (Å²) >= 11 is 1.19. The fourth-order valence-electron chi connectivity index (χ4n) is 1.41. The third-order valence-electron chi connectivity index (χ3n) is 2.29. The second kappa shape index (κ2) is 5.89. The van der Waals surface area contributed by atoms with Gasteiger partial charge in [0.2, 0.25) is 0 Å². The molecule has 0 bridgehead atoms. The number of aromatic carboxylic acids is 1. The monoisotopic (exact) mass is 272 g/mol. The Morgan fingerprint density at radius 3 is 3.00 bits per heavy atom. The third-order valence-corrected chi connectivity index (χ3v) is 3.14. The number of carboxylic acid groups (broad SMARTS) is 1. The molecule has 1 aliphatic heterocycles. The molecule has 2 N–H and O–H groups in total. The van der Waals surface area contributed by atoms with Crippen molar-refractivity contribution in [2.45, 2.75) is 12.6 Å². The Morgan fingerprint density at radius 1 is 1.56 bits per heavy atom. The number of nitrogens with one attached hydrogen (secondary N) is 1. The first-order valence-corrected chi connectivity index (χ1v) is 6.19. The Hall–Kier alpha value is -1.51. The van der Waals surface area contributed by atoms with Crippen LogP contribution in [0.3, 0.4) is 0 Å². The maximum atomic E-state index is 11.7. The quantitative estimate of drug-likeness (QED) is 0.792. The molecule has 1 aliphatic rings. The Balaban J connectivity index is 1.82. The standard InChI is InChI=1S/C10H12N2O5S/c13-9(7-4-16-1-2-17-7)11-3-8-12-6(5-18-8)10(14)15/h5,7H,1-4H2,(H,11,13)(H,14,15)/t7-/m1/s1. The predicted octanol–water partition coefficient (Wildman–Crippen LogP) is -0.127. The fourth-order valence-corrected chi connectivity index (χ4v) is 2.11. The number of carboxylic acids is 1. The lowest BCUT2D eigenvalue weighted by atomic mass is 10.3. The summed E-state index contributed by atoms with van der Waals surface area (Å²) in [7, 11) is 0. The van der Waals surface area contributed by atoms with E-state index in [4.69, 9.17) is 14.6 Å². The maximum absolute atomic E-state index is 11.7. The first-order chi connectivity index (χ1) is 8.66. The summed E-state index contributed by atoms with van der Waals surface area (Å²) in [6.07, 6.45) is -0.599. The van der Waals surface area contributed by atoms with E-state index in [-0.39, 0.29) is 24.8 Å². The van der Waals surface area contributed by atoms with Gasteiger partial charge in [0.1, 0.15) is 5.01 Å². The summed E-state index contributed by atoms with van der Waals surface area (Å²) in [4.78, 5) is 26.1. The predicted molar refractivity (Wildman–Crippen MR) is 61.5 cm³/mol. The van der Waals surface area contributed by atoms with Gasteiger partial charge in [-0.25, -0.2) is 9.78 Å². The van der Waals surface area contributed by atoms with Crippen molar-refractivity contribution in [2.24, 2.45) is 0 Å². The maximum Gasteiger partial charge on any atom is 0.355 e. The minimum atomic E-state index is -1.08. The Morgan fingerprint density at radius 2 is 2.39 bits per heavy atom. The van der Waals surface area contributed by atoms with Crippen LogP contribution in [0.1, 0.15) is 15.5 Å². The van der Waals surface area contributed by atoms with Crippen LogP contribution in [0, 0.1) is 0 Å². The number of thiazole rings is 1. The van der Waals surface area contributed by atoms with Gasteiger partial charge in [0.15, 0.2) is 11.8 Å². The molecule has 0 aromatic carbocycles. The molecule has 2 heterocycles. The van der Waals surface area contributed by atoms with Crippen molar-refractivity contribution in [3.63, 3.8) is 0 Å². The van der Waals surface area contributed by atoms with Gasteiger partial charge in [0.25, 0.3) is 5.91 Å². The van der Waals surface area contributed by atoms with Crippen molar-refractivity contribution in [3.05, 3.63) is 16.1 Å². The summed E-state index contributed by atoms with van der Waals surface area (Å²) in [5, 5.41) is 13.3. The van der Waals surface area contributed by atoms with Crippen molar-refractivity contribution < 1.29 is 24.2 Å². The first kappa shape index (κ1) is 12.9. The average Bonchev–Trinajstić information content (AvgIpc) is 2.86. The number of amides is 1. The Labute approximate surface area is 107 Å². The molecule has 1 amide bonds. The van der Waals surface area contributed by atoms with Crippen LogP contribution in [0.15, 0.2) is 5.38 Å². The highest BCUT2D eigenvalue weighted by Gasteiger charge is 2.22. The van der Waals surface area contributed by atoms with Gasteiger partial charge in [-0.3, -0.25) is 4.79 Å². The van der Waals surface area contributed by atoms with Crippen LogP contribution in [0.4, 0.5) is 0 Å². The lowest BCUT2D eigenvalue weighted by Crippen LogP contribution is -2.42. The van der Waals surface area contributed by atoms with Crippen molar-refractivity contribution in [1.82, 2.24) is 10.3 Å². The lowest BCUT2D eigenvalue weighted by Gasteiger charge is -2.21. The molecule has 1 aromatic heterocycles. The van der Waals surface area contributed by atoms with E-state index in [2.05, 4.69) is 10.3 Å². The van der Waals surface area contributed by atoms with Crippen LogP contribution in [-0.4, -0.2) is 47.9 Å². The smallest absolute Gasteiger partial charge is 0.355 e. The molecular formula is C10H12N2O5S. The van der Waals surface area contributed by atoms with E-state index in [1.165, 1.54) is 16.7 Å². The first-order valence-electron chi connectivity index (χ1n) is 5.31. The van der Waals surface area contributed by atoms with Gasteiger partial charge in [-0.05, 0) is 0 Å². The van der Waals surface area contributed by atoms with E-state index in [0.717, 1.165) is 0 Å². The second-order valence-corrected chi connectivity index (χ2v) is 4.53. The zero-order chi connectivity index (χ0) is 13.0. The zero-order valence-electron chi connectivity index (χ0n) is 9.42. The number of carbonyl (C=O) groups excluding carboxylic acids is 1. The summed E-state index contributed by atoms with van der Waals surface area (Å²) in [6.45, 7) is 1.33. The van der Waals surface area contributed by atoms with E-state index >= 15 is 0 Å². The van der Waals surface area contributed by atoms with E-state index in [1.54, 1.807) is 0 Å². The van der Waals surface area contributed by atoms with E-state index < -0.39 is 12.1 Å². The van der Waals surface area contributed by atoms with Gasteiger partial charge in [-0.1, -0.05) is 0 Å².